The number of likely N-dealkylation sites (tertiary alicyclic amines) is 1. The monoisotopic (exact) mass is 634 g/mol. The van der Waals surface area contributed by atoms with Gasteiger partial charge < -0.3 is 24.4 Å². The van der Waals surface area contributed by atoms with Crippen LogP contribution in [0.3, 0.4) is 0 Å². The number of anilines is 1. The Labute approximate surface area is 272 Å². The first-order chi connectivity index (χ1) is 21.4. The van der Waals surface area contributed by atoms with E-state index < -0.39 is 0 Å². The Balaban J connectivity index is 0.000000687. The summed E-state index contributed by atoms with van der Waals surface area (Å²) < 4.78 is 8.22. The summed E-state index contributed by atoms with van der Waals surface area (Å²) in [5, 5.41) is 8.25. The SMILES string of the molecule is C=C(Nc1cc(C(C)(C)C)cc(CP(C)NC)c1OC)c1cc2cccc(CN3CCN(C=O)CC3)c2n1C.CN1CCCC1. The van der Waals surface area contributed by atoms with E-state index in [1.165, 1.54) is 53.5 Å². The Morgan fingerprint density at radius 3 is 2.27 bits per heavy atom. The molecular formula is C36H55N6O2P. The fourth-order valence-electron chi connectivity index (χ4n) is 6.20. The molecule has 9 heteroatoms. The summed E-state index contributed by atoms with van der Waals surface area (Å²) in [5.41, 5.74) is 7.80. The molecule has 3 heterocycles. The molecule has 0 bridgehead atoms. The summed E-state index contributed by atoms with van der Waals surface area (Å²) in [7, 11) is 7.71. The number of methoxy groups -OCH3 is 1. The number of ether oxygens (including phenoxy) is 1. The van der Waals surface area contributed by atoms with Crippen LogP contribution < -0.4 is 15.1 Å². The number of aryl methyl sites for hydroxylation is 1. The lowest BCUT2D eigenvalue weighted by molar-refractivity contribution is -0.119. The lowest BCUT2D eigenvalue weighted by Crippen LogP contribution is -2.45. The van der Waals surface area contributed by atoms with Crippen molar-refractivity contribution in [1.29, 1.82) is 0 Å². The Bertz CT molecular complexity index is 1450. The first kappa shape index (κ1) is 35.0. The Kier molecular flexibility index (Phi) is 12.1. The van der Waals surface area contributed by atoms with Gasteiger partial charge >= 0.3 is 0 Å². The predicted molar refractivity (Wildman–Crippen MR) is 193 cm³/mol. The number of carbonyl (C=O) groups is 1. The van der Waals surface area contributed by atoms with E-state index in [0.29, 0.717) is 0 Å². The highest BCUT2D eigenvalue weighted by Crippen LogP contribution is 2.42. The minimum absolute atomic E-state index is 0.000679. The molecule has 45 heavy (non-hydrogen) atoms. The number of nitrogens with zero attached hydrogens (tertiary/aromatic N) is 4. The number of rotatable bonds is 10. The van der Waals surface area contributed by atoms with Crippen molar-refractivity contribution >= 4 is 36.8 Å². The van der Waals surface area contributed by atoms with Crippen LogP contribution in [0.5, 0.6) is 5.75 Å². The third-order valence-electron chi connectivity index (χ3n) is 9.04. The van der Waals surface area contributed by atoms with Gasteiger partial charge in [0, 0.05) is 56.9 Å². The molecule has 2 saturated heterocycles. The molecule has 1 aromatic heterocycles. The van der Waals surface area contributed by atoms with Crippen LogP contribution in [0.1, 0.15) is 56.0 Å². The Hall–Kier alpha value is -2.90. The van der Waals surface area contributed by atoms with E-state index in [4.69, 9.17) is 4.74 Å². The Morgan fingerprint density at radius 2 is 1.71 bits per heavy atom. The van der Waals surface area contributed by atoms with E-state index in [2.05, 4.69) is 109 Å². The third kappa shape index (κ3) is 8.88. The van der Waals surface area contributed by atoms with Gasteiger partial charge in [0.1, 0.15) is 5.75 Å². The average Bonchev–Trinajstić information content (AvgIpc) is 3.63. The van der Waals surface area contributed by atoms with Gasteiger partial charge in [0.15, 0.2) is 0 Å². The summed E-state index contributed by atoms with van der Waals surface area (Å²) in [6.07, 6.45) is 4.71. The molecule has 1 atom stereocenters. The molecule has 5 rings (SSSR count). The van der Waals surface area contributed by atoms with E-state index in [-0.39, 0.29) is 13.5 Å². The molecule has 2 aliphatic rings. The first-order valence-corrected chi connectivity index (χ1v) is 18.2. The Morgan fingerprint density at radius 1 is 1.02 bits per heavy atom. The number of fused-ring (bicyclic) bond motifs is 1. The number of para-hydroxylation sites is 1. The zero-order valence-corrected chi connectivity index (χ0v) is 29.8. The maximum absolute atomic E-state index is 11.1. The number of amides is 1. The number of benzene rings is 2. The number of hydrogen-bond donors (Lipinski definition) is 2. The van der Waals surface area contributed by atoms with Crippen molar-refractivity contribution in [3.63, 3.8) is 0 Å². The maximum atomic E-state index is 11.1. The minimum atomic E-state index is -0.344. The lowest BCUT2D eigenvalue weighted by atomic mass is 9.85. The molecule has 0 radical (unpaired) electrons. The fourth-order valence-corrected chi connectivity index (χ4v) is 7.10. The third-order valence-corrected chi connectivity index (χ3v) is 10.6. The van der Waals surface area contributed by atoms with Crippen LogP contribution in [-0.4, -0.2) is 92.8 Å². The van der Waals surface area contributed by atoms with Gasteiger partial charge in [-0.2, -0.15) is 0 Å². The van der Waals surface area contributed by atoms with Crippen LogP contribution in [0.2, 0.25) is 0 Å². The lowest BCUT2D eigenvalue weighted by Gasteiger charge is -2.32. The number of carbonyl (C=O) groups excluding carboxylic acids is 1. The van der Waals surface area contributed by atoms with Gasteiger partial charge in [-0.25, -0.2) is 0 Å². The zero-order valence-electron chi connectivity index (χ0n) is 28.9. The van der Waals surface area contributed by atoms with Gasteiger partial charge in [-0.3, -0.25) is 14.8 Å². The molecule has 0 saturated carbocycles. The van der Waals surface area contributed by atoms with Crippen LogP contribution in [0.15, 0.2) is 43.0 Å². The van der Waals surface area contributed by atoms with E-state index in [0.717, 1.165) is 68.1 Å². The van der Waals surface area contributed by atoms with Crippen molar-refractivity contribution in [2.75, 3.05) is 72.5 Å². The molecule has 1 amide bonds. The molecule has 0 aliphatic carbocycles. The molecule has 246 valence electrons. The molecule has 2 aromatic carbocycles. The van der Waals surface area contributed by atoms with Crippen molar-refractivity contribution in [2.45, 2.75) is 51.7 Å². The summed E-state index contributed by atoms with van der Waals surface area (Å²) in [6, 6.07) is 13.2. The smallest absolute Gasteiger partial charge is 0.209 e. The van der Waals surface area contributed by atoms with Crippen LogP contribution in [0.25, 0.3) is 16.6 Å². The largest absolute Gasteiger partial charge is 0.494 e. The fraction of sp³-hybridized carbons (Fsp3) is 0.528. The van der Waals surface area contributed by atoms with E-state index in [1.807, 2.05) is 11.9 Å². The van der Waals surface area contributed by atoms with Crippen LogP contribution in [0, 0.1) is 0 Å². The average molecular weight is 635 g/mol. The normalized spacial score (nSPS) is 16.8. The second kappa shape index (κ2) is 15.6. The summed E-state index contributed by atoms with van der Waals surface area (Å²) in [4.78, 5) is 17.7. The summed E-state index contributed by atoms with van der Waals surface area (Å²) >= 11 is 0. The van der Waals surface area contributed by atoms with Gasteiger partial charge in [0.05, 0.1) is 29.7 Å². The van der Waals surface area contributed by atoms with Crippen molar-refractivity contribution < 1.29 is 9.53 Å². The number of hydrogen-bond acceptors (Lipinski definition) is 6. The van der Waals surface area contributed by atoms with Gasteiger partial charge in [-0.05, 0) is 83.4 Å². The van der Waals surface area contributed by atoms with Crippen LogP contribution in [-0.2, 0) is 30.0 Å². The summed E-state index contributed by atoms with van der Waals surface area (Å²) in [5.74, 6) is 0.877. The molecular weight excluding hydrogens is 579 g/mol. The highest BCUT2D eigenvalue weighted by molar-refractivity contribution is 7.53. The molecule has 2 fully saturated rings. The molecule has 2 aliphatic heterocycles. The second-order valence-corrected chi connectivity index (χ2v) is 15.7. The molecule has 0 spiro atoms. The van der Waals surface area contributed by atoms with Gasteiger partial charge in [0.25, 0.3) is 0 Å². The highest BCUT2D eigenvalue weighted by atomic mass is 31.1. The predicted octanol–water partition coefficient (Wildman–Crippen LogP) is 6.30. The van der Waals surface area contributed by atoms with Crippen molar-refractivity contribution in [3.8, 4) is 5.75 Å². The van der Waals surface area contributed by atoms with Crippen LogP contribution in [0.4, 0.5) is 5.69 Å². The van der Waals surface area contributed by atoms with Gasteiger partial charge in [-0.1, -0.05) is 51.6 Å². The zero-order chi connectivity index (χ0) is 32.7. The maximum Gasteiger partial charge on any atom is 0.209 e. The summed E-state index contributed by atoms with van der Waals surface area (Å²) in [6.45, 7) is 20.3. The van der Waals surface area contributed by atoms with Crippen LogP contribution >= 0.6 is 8.07 Å². The van der Waals surface area contributed by atoms with E-state index in [1.54, 1.807) is 7.11 Å². The molecule has 8 nitrogen and oxygen atoms in total. The highest BCUT2D eigenvalue weighted by Gasteiger charge is 2.22. The van der Waals surface area contributed by atoms with E-state index in [9.17, 15) is 4.79 Å². The number of aromatic nitrogens is 1. The molecule has 1 unspecified atom stereocenters. The quantitative estimate of drug-likeness (QED) is 0.202. The topological polar surface area (TPSA) is 65.0 Å². The van der Waals surface area contributed by atoms with E-state index >= 15 is 0 Å². The van der Waals surface area contributed by atoms with Crippen molar-refractivity contribution in [1.82, 2.24) is 24.4 Å². The number of piperazine rings is 1. The van der Waals surface area contributed by atoms with Crippen molar-refractivity contribution in [2.24, 2.45) is 7.05 Å². The van der Waals surface area contributed by atoms with Gasteiger partial charge in [0.2, 0.25) is 6.41 Å². The molecule has 2 N–H and O–H groups in total. The second-order valence-electron chi connectivity index (χ2n) is 13.5. The van der Waals surface area contributed by atoms with Crippen molar-refractivity contribution in [3.05, 3.63) is 65.4 Å². The first-order valence-electron chi connectivity index (χ1n) is 16.2. The standard InChI is InChI=1S/C31H44N5O2P.C5H11N/c1-22(33-27-18-26(31(2,3)4)16-25(30(27)38-7)20-39(8)32-5)28-17-23-10-9-11-24(29(23)34(28)6)19-35-12-14-36(21-37)15-13-35;1-6-4-2-3-5-6/h9-11,16-18,21,32-33H,1,12-15,19-20H2,2-8H3;2-5H2,1H3. The molecule has 3 aromatic rings. The minimum Gasteiger partial charge on any atom is -0.494 e. The van der Waals surface area contributed by atoms with Gasteiger partial charge in [-0.15, -0.1) is 0 Å². The number of nitrogens with one attached hydrogen (secondary N) is 2.